The van der Waals surface area contributed by atoms with Crippen molar-refractivity contribution in [3.8, 4) is 0 Å². The van der Waals surface area contributed by atoms with Crippen molar-refractivity contribution in [3.05, 3.63) is 60.2 Å². The average Bonchev–Trinajstić information content (AvgIpc) is 2.62. The number of amides is 1. The zero-order valence-electron chi connectivity index (χ0n) is 14.1. The average molecular weight is 346 g/mol. The lowest BCUT2D eigenvalue weighted by molar-refractivity contribution is 0.0774. The van der Waals surface area contributed by atoms with Crippen LogP contribution in [0, 0.1) is 0 Å². The Hall–Kier alpha value is -2.34. The fraction of sp³-hybridized carbons (Fsp3) is 0.278. The van der Waals surface area contributed by atoms with Gasteiger partial charge in [0.1, 0.15) is 0 Å². The Morgan fingerprint density at radius 3 is 2.04 bits per heavy atom. The third kappa shape index (κ3) is 3.43. The van der Waals surface area contributed by atoms with E-state index in [-0.39, 0.29) is 10.8 Å². The van der Waals surface area contributed by atoms with Crippen LogP contribution in [-0.2, 0) is 10.0 Å². The minimum Gasteiger partial charge on any atom is -0.339 e. The van der Waals surface area contributed by atoms with Gasteiger partial charge in [0, 0.05) is 20.1 Å². The Morgan fingerprint density at radius 2 is 1.46 bits per heavy atom. The Bertz CT molecular complexity index is 800. The molecule has 0 saturated heterocycles. The summed E-state index contributed by atoms with van der Waals surface area (Å²) in [6, 6.07) is 15.0. The van der Waals surface area contributed by atoms with Gasteiger partial charge in [0.25, 0.3) is 15.9 Å². The van der Waals surface area contributed by atoms with Crippen molar-refractivity contribution in [1.82, 2.24) is 4.90 Å². The molecule has 2 aromatic rings. The van der Waals surface area contributed by atoms with Crippen molar-refractivity contribution in [2.75, 3.05) is 24.4 Å². The van der Waals surface area contributed by atoms with E-state index in [2.05, 4.69) is 0 Å². The number of nitrogens with zero attached hydrogens (tertiary/aromatic N) is 2. The van der Waals surface area contributed by atoms with E-state index in [0.717, 1.165) is 0 Å². The van der Waals surface area contributed by atoms with Crippen LogP contribution in [-0.4, -0.2) is 39.4 Å². The van der Waals surface area contributed by atoms with Crippen molar-refractivity contribution < 1.29 is 13.2 Å². The Balaban J connectivity index is 2.48. The van der Waals surface area contributed by atoms with Gasteiger partial charge in [-0.3, -0.25) is 9.10 Å². The SMILES string of the molecule is CCN(CC)C(=O)c1ccccc1N(C)S(=O)(=O)c1ccccc1. The molecular formula is C18H22N2O3S. The second-order valence-electron chi connectivity index (χ2n) is 5.28. The zero-order chi connectivity index (χ0) is 17.7. The third-order valence-electron chi connectivity index (χ3n) is 3.93. The highest BCUT2D eigenvalue weighted by Crippen LogP contribution is 2.26. The van der Waals surface area contributed by atoms with E-state index in [1.54, 1.807) is 59.5 Å². The van der Waals surface area contributed by atoms with Crippen molar-refractivity contribution in [3.63, 3.8) is 0 Å². The van der Waals surface area contributed by atoms with Crippen molar-refractivity contribution >= 4 is 21.6 Å². The van der Waals surface area contributed by atoms with Crippen LogP contribution < -0.4 is 4.31 Å². The van der Waals surface area contributed by atoms with Gasteiger partial charge in [0.05, 0.1) is 16.1 Å². The largest absolute Gasteiger partial charge is 0.339 e. The summed E-state index contributed by atoms with van der Waals surface area (Å²) in [5, 5.41) is 0. The first-order valence-electron chi connectivity index (χ1n) is 7.85. The fourth-order valence-corrected chi connectivity index (χ4v) is 3.73. The molecule has 0 aliphatic heterocycles. The molecule has 0 heterocycles. The molecule has 0 unspecified atom stereocenters. The van der Waals surface area contributed by atoms with Crippen LogP contribution in [0.15, 0.2) is 59.5 Å². The number of carbonyl (C=O) groups excluding carboxylic acids is 1. The summed E-state index contributed by atoms with van der Waals surface area (Å²) in [7, 11) is -2.26. The van der Waals surface area contributed by atoms with Crippen LogP contribution in [0.3, 0.4) is 0 Å². The van der Waals surface area contributed by atoms with Gasteiger partial charge in [0.2, 0.25) is 0 Å². The van der Waals surface area contributed by atoms with Crippen LogP contribution in [0.5, 0.6) is 0 Å². The van der Waals surface area contributed by atoms with Gasteiger partial charge < -0.3 is 4.90 Å². The summed E-state index contributed by atoms with van der Waals surface area (Å²) in [5.74, 6) is -0.175. The lowest BCUT2D eigenvalue weighted by Gasteiger charge is -2.25. The summed E-state index contributed by atoms with van der Waals surface area (Å²) in [6.07, 6.45) is 0. The normalized spacial score (nSPS) is 11.1. The van der Waals surface area contributed by atoms with Crippen LogP contribution in [0.1, 0.15) is 24.2 Å². The molecule has 1 amide bonds. The molecule has 0 fully saturated rings. The quantitative estimate of drug-likeness (QED) is 0.808. The maximum Gasteiger partial charge on any atom is 0.264 e. The van der Waals surface area contributed by atoms with Gasteiger partial charge >= 0.3 is 0 Å². The number of rotatable bonds is 6. The van der Waals surface area contributed by atoms with E-state index in [0.29, 0.717) is 24.3 Å². The molecule has 0 aromatic heterocycles. The molecule has 0 aliphatic rings. The standard InChI is InChI=1S/C18H22N2O3S/c1-4-20(5-2)18(21)16-13-9-10-14-17(16)19(3)24(22,23)15-11-7-6-8-12-15/h6-14H,4-5H2,1-3H3. The minimum absolute atomic E-state index is 0.175. The first-order chi connectivity index (χ1) is 11.4. The second kappa shape index (κ2) is 7.49. The number of hydrogen-bond donors (Lipinski definition) is 0. The Kier molecular flexibility index (Phi) is 5.62. The van der Waals surface area contributed by atoms with E-state index in [9.17, 15) is 13.2 Å². The minimum atomic E-state index is -3.72. The predicted molar refractivity (Wildman–Crippen MR) is 95.7 cm³/mol. The zero-order valence-corrected chi connectivity index (χ0v) is 15.0. The molecule has 2 rings (SSSR count). The van der Waals surface area contributed by atoms with Gasteiger partial charge in [-0.15, -0.1) is 0 Å². The highest BCUT2D eigenvalue weighted by atomic mass is 32.2. The first-order valence-corrected chi connectivity index (χ1v) is 9.29. The lowest BCUT2D eigenvalue weighted by Crippen LogP contribution is -2.33. The molecule has 0 N–H and O–H groups in total. The van der Waals surface area contributed by atoms with Gasteiger partial charge in [-0.25, -0.2) is 8.42 Å². The summed E-state index contributed by atoms with van der Waals surface area (Å²) in [4.78, 5) is 14.6. The molecule has 24 heavy (non-hydrogen) atoms. The van der Waals surface area contributed by atoms with E-state index in [1.807, 2.05) is 13.8 Å². The number of sulfonamides is 1. The second-order valence-corrected chi connectivity index (χ2v) is 7.25. The number of para-hydroxylation sites is 1. The first kappa shape index (κ1) is 18.0. The van der Waals surface area contributed by atoms with E-state index in [4.69, 9.17) is 0 Å². The molecule has 6 heteroatoms. The van der Waals surface area contributed by atoms with Crippen LogP contribution in [0.25, 0.3) is 0 Å². The monoisotopic (exact) mass is 346 g/mol. The number of hydrogen-bond acceptors (Lipinski definition) is 3. The van der Waals surface area contributed by atoms with Crippen molar-refractivity contribution in [1.29, 1.82) is 0 Å². The predicted octanol–water partition coefficient (Wildman–Crippen LogP) is 2.99. The number of carbonyl (C=O) groups is 1. The maximum atomic E-state index is 12.8. The Morgan fingerprint density at radius 1 is 0.917 bits per heavy atom. The van der Waals surface area contributed by atoms with Gasteiger partial charge in [-0.2, -0.15) is 0 Å². The van der Waals surface area contributed by atoms with Crippen molar-refractivity contribution in [2.24, 2.45) is 0 Å². The molecule has 5 nitrogen and oxygen atoms in total. The summed E-state index contributed by atoms with van der Waals surface area (Å²) >= 11 is 0. The van der Waals surface area contributed by atoms with Gasteiger partial charge in [-0.05, 0) is 38.1 Å². The van der Waals surface area contributed by atoms with Gasteiger partial charge in [-0.1, -0.05) is 30.3 Å². The maximum absolute atomic E-state index is 12.8. The molecule has 0 spiro atoms. The molecule has 0 saturated carbocycles. The third-order valence-corrected chi connectivity index (χ3v) is 5.71. The number of benzene rings is 2. The molecule has 128 valence electrons. The van der Waals surface area contributed by atoms with Crippen LogP contribution in [0.4, 0.5) is 5.69 Å². The van der Waals surface area contributed by atoms with Gasteiger partial charge in [0.15, 0.2) is 0 Å². The van der Waals surface area contributed by atoms with Crippen molar-refractivity contribution in [2.45, 2.75) is 18.7 Å². The highest BCUT2D eigenvalue weighted by Gasteiger charge is 2.26. The molecule has 0 bridgehead atoms. The molecule has 0 radical (unpaired) electrons. The highest BCUT2D eigenvalue weighted by molar-refractivity contribution is 7.92. The van der Waals surface area contributed by atoms with Crippen LogP contribution >= 0.6 is 0 Å². The molecule has 0 aliphatic carbocycles. The van der Waals surface area contributed by atoms with E-state index >= 15 is 0 Å². The van der Waals surface area contributed by atoms with E-state index < -0.39 is 10.0 Å². The summed E-state index contributed by atoms with van der Waals surface area (Å²) < 4.78 is 26.8. The fourth-order valence-electron chi connectivity index (χ4n) is 2.49. The lowest BCUT2D eigenvalue weighted by atomic mass is 10.1. The summed E-state index contributed by atoms with van der Waals surface area (Å²) in [5.41, 5.74) is 0.751. The van der Waals surface area contributed by atoms with Crippen LogP contribution in [0.2, 0.25) is 0 Å². The van der Waals surface area contributed by atoms with E-state index in [1.165, 1.54) is 11.4 Å². The molecule has 2 aromatic carbocycles. The topological polar surface area (TPSA) is 57.7 Å². The molecule has 0 atom stereocenters. The number of anilines is 1. The molecular weight excluding hydrogens is 324 g/mol. The smallest absolute Gasteiger partial charge is 0.264 e. The Labute approximate surface area is 143 Å². The summed E-state index contributed by atoms with van der Waals surface area (Å²) in [6.45, 7) is 4.93.